The van der Waals surface area contributed by atoms with Gasteiger partial charge in [-0.1, -0.05) is 31.2 Å². The lowest BCUT2D eigenvalue weighted by atomic mass is 10.00. The molecule has 3 heteroatoms. The van der Waals surface area contributed by atoms with Gasteiger partial charge in [-0.05, 0) is 17.5 Å². The third kappa shape index (κ3) is 2.85. The summed E-state index contributed by atoms with van der Waals surface area (Å²) in [5.74, 6) is -1.11. The van der Waals surface area contributed by atoms with Gasteiger partial charge in [0.05, 0.1) is 5.92 Å². The zero-order valence-corrected chi connectivity index (χ0v) is 8.23. The van der Waals surface area contributed by atoms with Crippen LogP contribution in [-0.2, 0) is 17.8 Å². The minimum Gasteiger partial charge on any atom is -0.481 e. The minimum atomic E-state index is -0.761. The first-order valence-electron chi connectivity index (χ1n) is 4.64. The Hall–Kier alpha value is -1.35. The number of aliphatic carboxylic acids is 1. The normalized spacial score (nSPS) is 12.4. The van der Waals surface area contributed by atoms with Crippen molar-refractivity contribution in [3.63, 3.8) is 0 Å². The highest BCUT2D eigenvalue weighted by molar-refractivity contribution is 5.69. The van der Waals surface area contributed by atoms with Crippen LogP contribution in [0.4, 0.5) is 0 Å². The van der Waals surface area contributed by atoms with Gasteiger partial charge in [-0.25, -0.2) is 0 Å². The molecule has 0 heterocycles. The van der Waals surface area contributed by atoms with Gasteiger partial charge in [0.2, 0.25) is 0 Å². The van der Waals surface area contributed by atoms with Gasteiger partial charge in [0, 0.05) is 6.54 Å². The van der Waals surface area contributed by atoms with Gasteiger partial charge in [0.1, 0.15) is 0 Å². The highest BCUT2D eigenvalue weighted by atomic mass is 16.4. The van der Waals surface area contributed by atoms with E-state index in [1.165, 1.54) is 0 Å². The molecule has 1 rings (SSSR count). The summed E-state index contributed by atoms with van der Waals surface area (Å²) < 4.78 is 0. The minimum absolute atomic E-state index is 0.344. The number of nitrogens with two attached hydrogens (primary N) is 1. The van der Waals surface area contributed by atoms with Crippen LogP contribution in [0, 0.1) is 5.92 Å². The van der Waals surface area contributed by atoms with Crippen molar-refractivity contribution in [2.75, 3.05) is 0 Å². The summed E-state index contributed by atoms with van der Waals surface area (Å²) in [4.78, 5) is 10.6. The molecule has 0 saturated carbocycles. The lowest BCUT2D eigenvalue weighted by molar-refractivity contribution is -0.141. The second-order valence-corrected chi connectivity index (χ2v) is 3.47. The van der Waals surface area contributed by atoms with E-state index in [4.69, 9.17) is 10.8 Å². The number of carbonyl (C=O) groups is 1. The monoisotopic (exact) mass is 193 g/mol. The van der Waals surface area contributed by atoms with Crippen molar-refractivity contribution in [1.29, 1.82) is 0 Å². The standard InChI is InChI=1S/C11H15NO2/c1-8(11(13)14)5-9-3-2-4-10(6-9)7-12/h2-4,6,8H,5,7,12H2,1H3,(H,13,14). The van der Waals surface area contributed by atoms with Crippen LogP contribution in [0.25, 0.3) is 0 Å². The van der Waals surface area contributed by atoms with Gasteiger partial charge in [-0.3, -0.25) is 4.79 Å². The predicted molar refractivity (Wildman–Crippen MR) is 54.8 cm³/mol. The van der Waals surface area contributed by atoms with Crippen molar-refractivity contribution in [2.45, 2.75) is 19.9 Å². The molecular formula is C11H15NO2. The lowest BCUT2D eigenvalue weighted by Crippen LogP contribution is -2.12. The Morgan fingerprint density at radius 3 is 2.71 bits per heavy atom. The molecule has 0 radical (unpaired) electrons. The third-order valence-electron chi connectivity index (χ3n) is 2.19. The molecular weight excluding hydrogens is 178 g/mol. The molecule has 14 heavy (non-hydrogen) atoms. The Labute approximate surface area is 83.6 Å². The van der Waals surface area contributed by atoms with Gasteiger partial charge in [-0.2, -0.15) is 0 Å². The fraction of sp³-hybridized carbons (Fsp3) is 0.364. The summed E-state index contributed by atoms with van der Waals surface area (Å²) in [7, 11) is 0. The summed E-state index contributed by atoms with van der Waals surface area (Å²) in [5, 5.41) is 8.75. The van der Waals surface area contributed by atoms with Crippen molar-refractivity contribution in [1.82, 2.24) is 0 Å². The molecule has 3 N–H and O–H groups in total. The Morgan fingerprint density at radius 1 is 1.50 bits per heavy atom. The largest absolute Gasteiger partial charge is 0.481 e. The van der Waals surface area contributed by atoms with E-state index in [0.29, 0.717) is 13.0 Å². The first-order chi connectivity index (χ1) is 6.63. The summed E-state index contributed by atoms with van der Waals surface area (Å²) in [6.45, 7) is 2.20. The molecule has 0 aliphatic heterocycles. The number of hydrogen-bond donors (Lipinski definition) is 2. The van der Waals surface area contributed by atoms with Gasteiger partial charge in [0.25, 0.3) is 0 Å². The molecule has 0 fully saturated rings. The van der Waals surface area contributed by atoms with Crippen LogP contribution < -0.4 is 5.73 Å². The number of hydrogen-bond acceptors (Lipinski definition) is 2. The third-order valence-corrected chi connectivity index (χ3v) is 2.19. The molecule has 3 nitrogen and oxygen atoms in total. The van der Waals surface area contributed by atoms with E-state index < -0.39 is 5.97 Å². The number of carboxylic acids is 1. The molecule has 1 unspecified atom stereocenters. The highest BCUT2D eigenvalue weighted by Crippen LogP contribution is 2.10. The van der Waals surface area contributed by atoms with Crippen LogP contribution in [0.2, 0.25) is 0 Å². The number of rotatable bonds is 4. The van der Waals surface area contributed by atoms with E-state index >= 15 is 0 Å². The average Bonchev–Trinajstić information content (AvgIpc) is 2.18. The Kier molecular flexibility index (Phi) is 3.65. The zero-order valence-electron chi connectivity index (χ0n) is 8.23. The first-order valence-corrected chi connectivity index (χ1v) is 4.64. The zero-order chi connectivity index (χ0) is 10.6. The van der Waals surface area contributed by atoms with Gasteiger partial charge in [0.15, 0.2) is 0 Å². The van der Waals surface area contributed by atoms with E-state index in [0.717, 1.165) is 11.1 Å². The molecule has 0 bridgehead atoms. The number of carboxylic acid groups (broad SMARTS) is 1. The van der Waals surface area contributed by atoms with Crippen LogP contribution in [-0.4, -0.2) is 11.1 Å². The second kappa shape index (κ2) is 4.77. The quantitative estimate of drug-likeness (QED) is 0.759. The average molecular weight is 193 g/mol. The van der Waals surface area contributed by atoms with Crippen LogP contribution >= 0.6 is 0 Å². The second-order valence-electron chi connectivity index (χ2n) is 3.47. The molecule has 0 amide bonds. The van der Waals surface area contributed by atoms with Crippen molar-refractivity contribution < 1.29 is 9.90 Å². The maximum absolute atomic E-state index is 10.6. The number of benzene rings is 1. The maximum Gasteiger partial charge on any atom is 0.306 e. The van der Waals surface area contributed by atoms with Gasteiger partial charge < -0.3 is 10.8 Å². The SMILES string of the molecule is CC(Cc1cccc(CN)c1)C(=O)O. The fourth-order valence-electron chi connectivity index (χ4n) is 1.32. The fourth-order valence-corrected chi connectivity index (χ4v) is 1.32. The topological polar surface area (TPSA) is 63.3 Å². The summed E-state index contributed by atoms with van der Waals surface area (Å²) in [6, 6.07) is 7.74. The molecule has 1 aromatic carbocycles. The molecule has 0 aliphatic carbocycles. The maximum atomic E-state index is 10.6. The van der Waals surface area contributed by atoms with Crippen LogP contribution in [0.5, 0.6) is 0 Å². The van der Waals surface area contributed by atoms with Crippen LogP contribution in [0.3, 0.4) is 0 Å². The van der Waals surface area contributed by atoms with Crippen molar-refractivity contribution in [2.24, 2.45) is 11.7 Å². The molecule has 0 aromatic heterocycles. The summed E-state index contributed by atoms with van der Waals surface area (Å²) in [6.07, 6.45) is 0.559. The summed E-state index contributed by atoms with van der Waals surface area (Å²) in [5.41, 5.74) is 7.57. The van der Waals surface area contributed by atoms with E-state index in [2.05, 4.69) is 0 Å². The smallest absolute Gasteiger partial charge is 0.306 e. The molecule has 1 aromatic rings. The Balaban J connectivity index is 2.71. The first kappa shape index (κ1) is 10.7. The highest BCUT2D eigenvalue weighted by Gasteiger charge is 2.11. The predicted octanol–water partition coefficient (Wildman–Crippen LogP) is 1.41. The molecule has 76 valence electrons. The van der Waals surface area contributed by atoms with E-state index in [1.807, 2.05) is 24.3 Å². The van der Waals surface area contributed by atoms with Crippen LogP contribution in [0.15, 0.2) is 24.3 Å². The Morgan fingerprint density at radius 2 is 2.14 bits per heavy atom. The summed E-state index contributed by atoms with van der Waals surface area (Å²) >= 11 is 0. The van der Waals surface area contributed by atoms with Crippen molar-refractivity contribution in [3.05, 3.63) is 35.4 Å². The van der Waals surface area contributed by atoms with Crippen LogP contribution in [0.1, 0.15) is 18.1 Å². The van der Waals surface area contributed by atoms with Crippen molar-refractivity contribution >= 4 is 5.97 Å². The Bertz CT molecular complexity index is 323. The van der Waals surface area contributed by atoms with E-state index in [1.54, 1.807) is 6.92 Å². The van der Waals surface area contributed by atoms with Crippen molar-refractivity contribution in [3.8, 4) is 0 Å². The molecule has 0 spiro atoms. The van der Waals surface area contributed by atoms with Gasteiger partial charge in [-0.15, -0.1) is 0 Å². The molecule has 0 saturated heterocycles. The molecule has 1 atom stereocenters. The molecule has 0 aliphatic rings. The van der Waals surface area contributed by atoms with E-state index in [9.17, 15) is 4.79 Å². The van der Waals surface area contributed by atoms with E-state index in [-0.39, 0.29) is 5.92 Å². The lowest BCUT2D eigenvalue weighted by Gasteiger charge is -2.07. The van der Waals surface area contributed by atoms with Gasteiger partial charge >= 0.3 is 5.97 Å².